The molecule has 0 heterocycles. The Bertz CT molecular complexity index is 242. The zero-order valence-electron chi connectivity index (χ0n) is 11.7. The Morgan fingerprint density at radius 3 is 2.61 bits per heavy atom. The van der Waals surface area contributed by atoms with E-state index in [2.05, 4.69) is 5.32 Å². The molecule has 1 aliphatic carbocycles. The van der Waals surface area contributed by atoms with Crippen LogP contribution in [-0.4, -0.2) is 35.2 Å². The molecule has 0 saturated heterocycles. The smallest absolute Gasteiger partial charge is 0.232 e. The minimum Gasteiger partial charge on any atom is -0.396 e. The average molecular weight is 273 g/mol. The number of nitrogens with one attached hydrogen (secondary N) is 1. The maximum absolute atomic E-state index is 11.9. The van der Waals surface area contributed by atoms with Gasteiger partial charge in [-0.2, -0.15) is 0 Å². The first-order chi connectivity index (χ1) is 8.63. The molecular weight excluding hydrogens is 246 g/mol. The van der Waals surface area contributed by atoms with Crippen molar-refractivity contribution in [2.24, 2.45) is 11.8 Å². The Morgan fingerprint density at radius 2 is 2.00 bits per heavy atom. The van der Waals surface area contributed by atoms with Crippen LogP contribution in [0.1, 0.15) is 46.0 Å². The van der Waals surface area contributed by atoms with E-state index >= 15 is 0 Å². The molecule has 3 nitrogen and oxygen atoms in total. The normalized spacial score (nSPS) is 20.4. The van der Waals surface area contributed by atoms with Gasteiger partial charge in [0.25, 0.3) is 0 Å². The van der Waals surface area contributed by atoms with Crippen LogP contribution in [0.2, 0.25) is 0 Å². The number of carbonyl (C=O) groups is 1. The molecule has 2 N–H and O–H groups in total. The lowest BCUT2D eigenvalue weighted by Crippen LogP contribution is -2.35. The van der Waals surface area contributed by atoms with Crippen molar-refractivity contribution in [3.8, 4) is 0 Å². The molecule has 0 aromatic heterocycles. The molecule has 1 amide bonds. The zero-order chi connectivity index (χ0) is 13.4. The van der Waals surface area contributed by atoms with Crippen molar-refractivity contribution >= 4 is 17.7 Å². The van der Waals surface area contributed by atoms with Crippen molar-refractivity contribution in [2.75, 3.05) is 18.9 Å². The highest BCUT2D eigenvalue weighted by atomic mass is 32.2. The molecule has 1 rings (SSSR count). The van der Waals surface area contributed by atoms with Crippen molar-refractivity contribution in [3.05, 3.63) is 0 Å². The summed E-state index contributed by atoms with van der Waals surface area (Å²) in [7, 11) is 0. The summed E-state index contributed by atoms with van der Waals surface area (Å²) >= 11 is 1.63. The van der Waals surface area contributed by atoms with Gasteiger partial charge in [0.05, 0.1) is 5.25 Å². The quantitative estimate of drug-likeness (QED) is 0.749. The summed E-state index contributed by atoms with van der Waals surface area (Å²) in [5.74, 6) is 1.95. The van der Waals surface area contributed by atoms with Crippen LogP contribution in [0.4, 0.5) is 0 Å². The highest BCUT2D eigenvalue weighted by Crippen LogP contribution is 2.23. The van der Waals surface area contributed by atoms with Gasteiger partial charge in [-0.25, -0.2) is 0 Å². The number of carbonyl (C=O) groups excluding carboxylic acids is 1. The third kappa shape index (κ3) is 6.10. The average Bonchev–Trinajstić information content (AvgIpc) is 2.42. The molecule has 4 heteroatoms. The lowest BCUT2D eigenvalue weighted by atomic mass is 9.89. The maximum atomic E-state index is 11.9. The summed E-state index contributed by atoms with van der Waals surface area (Å²) in [5.41, 5.74) is 0. The van der Waals surface area contributed by atoms with Gasteiger partial charge in [-0.15, -0.1) is 11.8 Å². The van der Waals surface area contributed by atoms with Crippen LogP contribution in [0.25, 0.3) is 0 Å². The Kier molecular flexibility index (Phi) is 7.75. The van der Waals surface area contributed by atoms with E-state index in [4.69, 9.17) is 5.11 Å². The standard InChI is InChI=1S/C14H27NO2S/c1-11(9-16)10-18-12(2)14(17)15-8-13-6-4-3-5-7-13/h11-13,16H,3-10H2,1-2H3,(H,15,17). The lowest BCUT2D eigenvalue weighted by Gasteiger charge is -2.22. The molecule has 0 bridgehead atoms. The van der Waals surface area contributed by atoms with Gasteiger partial charge < -0.3 is 10.4 Å². The Hall–Kier alpha value is -0.220. The predicted octanol–water partition coefficient (Wildman–Crippen LogP) is 2.43. The minimum atomic E-state index is -0.0115. The first-order valence-electron chi connectivity index (χ1n) is 7.13. The van der Waals surface area contributed by atoms with Gasteiger partial charge in [0.2, 0.25) is 5.91 Å². The van der Waals surface area contributed by atoms with Crippen LogP contribution in [0.5, 0.6) is 0 Å². The van der Waals surface area contributed by atoms with Gasteiger partial charge in [0.15, 0.2) is 0 Å². The van der Waals surface area contributed by atoms with Gasteiger partial charge in [0, 0.05) is 13.2 Å². The molecule has 0 radical (unpaired) electrons. The number of thioether (sulfide) groups is 1. The molecule has 0 aromatic rings. The summed E-state index contributed by atoms with van der Waals surface area (Å²) in [6, 6.07) is 0. The Balaban J connectivity index is 2.14. The Labute approximate surface area is 115 Å². The predicted molar refractivity (Wildman–Crippen MR) is 77.8 cm³/mol. The number of aliphatic hydroxyl groups excluding tert-OH is 1. The van der Waals surface area contributed by atoms with Gasteiger partial charge in [0.1, 0.15) is 0 Å². The van der Waals surface area contributed by atoms with Crippen LogP contribution in [0.15, 0.2) is 0 Å². The molecule has 0 spiro atoms. The van der Waals surface area contributed by atoms with Crippen LogP contribution in [0.3, 0.4) is 0 Å². The van der Waals surface area contributed by atoms with Gasteiger partial charge in [-0.1, -0.05) is 26.2 Å². The monoisotopic (exact) mass is 273 g/mol. The summed E-state index contributed by atoms with van der Waals surface area (Å²) in [6.45, 7) is 4.99. The number of rotatable bonds is 7. The molecule has 1 aliphatic rings. The highest BCUT2D eigenvalue weighted by molar-refractivity contribution is 8.00. The van der Waals surface area contributed by atoms with Crippen molar-refractivity contribution in [3.63, 3.8) is 0 Å². The summed E-state index contributed by atoms with van der Waals surface area (Å²) in [6.07, 6.45) is 6.53. The molecule has 0 aromatic carbocycles. The zero-order valence-corrected chi connectivity index (χ0v) is 12.5. The van der Waals surface area contributed by atoms with Crippen LogP contribution in [-0.2, 0) is 4.79 Å². The molecule has 0 aliphatic heterocycles. The largest absolute Gasteiger partial charge is 0.396 e. The van der Waals surface area contributed by atoms with E-state index < -0.39 is 0 Å². The fraction of sp³-hybridized carbons (Fsp3) is 0.929. The number of aliphatic hydroxyl groups is 1. The first kappa shape index (κ1) is 15.8. The van der Waals surface area contributed by atoms with E-state index in [9.17, 15) is 4.79 Å². The van der Waals surface area contributed by atoms with E-state index in [1.165, 1.54) is 32.1 Å². The van der Waals surface area contributed by atoms with Crippen LogP contribution < -0.4 is 5.32 Å². The van der Waals surface area contributed by atoms with Crippen LogP contribution >= 0.6 is 11.8 Å². The lowest BCUT2D eigenvalue weighted by molar-refractivity contribution is -0.120. The van der Waals surface area contributed by atoms with Crippen molar-refractivity contribution in [1.82, 2.24) is 5.32 Å². The van der Waals surface area contributed by atoms with Crippen LogP contribution in [0, 0.1) is 11.8 Å². The van der Waals surface area contributed by atoms with Crippen molar-refractivity contribution < 1.29 is 9.90 Å². The second kappa shape index (κ2) is 8.81. The highest BCUT2D eigenvalue weighted by Gasteiger charge is 2.18. The summed E-state index contributed by atoms with van der Waals surface area (Å²) < 4.78 is 0. The molecule has 1 fully saturated rings. The SMILES string of the molecule is CC(CO)CSC(C)C(=O)NCC1CCCCC1. The van der Waals surface area contributed by atoms with Crippen molar-refractivity contribution in [1.29, 1.82) is 0 Å². The second-order valence-electron chi connectivity index (χ2n) is 5.51. The van der Waals surface area contributed by atoms with E-state index in [-0.39, 0.29) is 23.7 Å². The molecule has 2 unspecified atom stereocenters. The summed E-state index contributed by atoms with van der Waals surface area (Å²) in [5, 5.41) is 12.0. The van der Waals surface area contributed by atoms with E-state index in [1.54, 1.807) is 11.8 Å². The molecule has 2 atom stereocenters. The van der Waals surface area contributed by atoms with Gasteiger partial charge >= 0.3 is 0 Å². The third-order valence-electron chi connectivity index (χ3n) is 3.60. The van der Waals surface area contributed by atoms with Gasteiger partial charge in [-0.05, 0) is 37.4 Å². The van der Waals surface area contributed by atoms with Gasteiger partial charge in [-0.3, -0.25) is 4.79 Å². The third-order valence-corrected chi connectivity index (χ3v) is 5.08. The first-order valence-corrected chi connectivity index (χ1v) is 8.18. The molecule has 1 saturated carbocycles. The molecular formula is C14H27NO2S. The molecule has 106 valence electrons. The number of amides is 1. The number of hydrogen-bond acceptors (Lipinski definition) is 3. The fourth-order valence-corrected chi connectivity index (χ4v) is 3.17. The topological polar surface area (TPSA) is 49.3 Å². The summed E-state index contributed by atoms with van der Waals surface area (Å²) in [4.78, 5) is 11.9. The maximum Gasteiger partial charge on any atom is 0.232 e. The second-order valence-corrected chi connectivity index (χ2v) is 6.89. The van der Waals surface area contributed by atoms with E-state index in [0.29, 0.717) is 5.92 Å². The molecule has 18 heavy (non-hydrogen) atoms. The van der Waals surface area contributed by atoms with Crippen molar-refractivity contribution in [2.45, 2.75) is 51.2 Å². The Morgan fingerprint density at radius 1 is 1.33 bits per heavy atom. The number of hydrogen-bond donors (Lipinski definition) is 2. The fourth-order valence-electron chi connectivity index (χ4n) is 2.22. The van der Waals surface area contributed by atoms with E-state index in [0.717, 1.165) is 12.3 Å². The van der Waals surface area contributed by atoms with E-state index in [1.807, 2.05) is 13.8 Å². The minimum absolute atomic E-state index is 0.0115.